The van der Waals surface area contributed by atoms with E-state index in [-0.39, 0.29) is 0 Å². The fourth-order valence-corrected chi connectivity index (χ4v) is 2.92. The van der Waals surface area contributed by atoms with Crippen molar-refractivity contribution in [1.29, 1.82) is 0 Å². The molecule has 0 amide bonds. The predicted octanol–water partition coefficient (Wildman–Crippen LogP) is 1.91. The van der Waals surface area contributed by atoms with Crippen molar-refractivity contribution in [2.45, 2.75) is 12.6 Å². The molecule has 1 aliphatic rings. The Balaban J connectivity index is 1.70. The number of rotatable bonds is 3. The number of benzene rings is 1. The number of nitrogens with zero attached hydrogens (tertiary/aromatic N) is 4. The summed E-state index contributed by atoms with van der Waals surface area (Å²) in [7, 11) is 4.19. The second-order valence-corrected chi connectivity index (χ2v) is 5.66. The van der Waals surface area contributed by atoms with Gasteiger partial charge in [0.05, 0.1) is 6.20 Å². The number of hydrogen-bond donors (Lipinski definition) is 0. The molecule has 3 rings (SSSR count). The van der Waals surface area contributed by atoms with Crippen LogP contribution in [0.5, 0.6) is 0 Å². The van der Waals surface area contributed by atoms with Gasteiger partial charge in [-0.3, -0.25) is 14.5 Å². The van der Waals surface area contributed by atoms with E-state index < -0.39 is 0 Å². The van der Waals surface area contributed by atoms with E-state index >= 15 is 0 Å². The highest BCUT2D eigenvalue weighted by Crippen LogP contribution is 2.24. The molecule has 4 heteroatoms. The van der Waals surface area contributed by atoms with Crippen LogP contribution >= 0.6 is 0 Å². The standard InChI is InChI=1S/C16H22N4/c1-18-8-9-20(12-14-10-17-19(2)11-14)13-16(18)15-6-4-3-5-7-15/h3-7,10-11,16H,8-9,12-13H2,1-2H3. The molecule has 4 nitrogen and oxygen atoms in total. The molecular formula is C16H22N4. The fraction of sp³-hybridized carbons (Fsp3) is 0.438. The normalized spacial score (nSPS) is 21.2. The van der Waals surface area contributed by atoms with Gasteiger partial charge in [0.25, 0.3) is 0 Å². The van der Waals surface area contributed by atoms with Crippen LogP contribution < -0.4 is 0 Å². The largest absolute Gasteiger partial charge is 0.297 e. The Bertz CT molecular complexity index is 549. The van der Waals surface area contributed by atoms with E-state index in [1.54, 1.807) is 0 Å². The molecule has 0 N–H and O–H groups in total. The third kappa shape index (κ3) is 2.92. The second kappa shape index (κ2) is 5.77. The summed E-state index contributed by atoms with van der Waals surface area (Å²) in [5.41, 5.74) is 2.70. The first kappa shape index (κ1) is 13.3. The molecule has 0 aliphatic carbocycles. The first-order valence-electron chi connectivity index (χ1n) is 7.17. The smallest absolute Gasteiger partial charge is 0.0534 e. The molecule has 2 heterocycles. The lowest BCUT2D eigenvalue weighted by Crippen LogP contribution is -2.46. The predicted molar refractivity (Wildman–Crippen MR) is 80.3 cm³/mol. The van der Waals surface area contributed by atoms with Crippen LogP contribution in [0.2, 0.25) is 0 Å². The SMILES string of the molecule is CN1CCN(Cc2cnn(C)c2)CC1c1ccccc1. The van der Waals surface area contributed by atoms with Crippen LogP contribution in [0.25, 0.3) is 0 Å². The lowest BCUT2D eigenvalue weighted by atomic mass is 10.0. The number of aryl methyl sites for hydroxylation is 1. The van der Waals surface area contributed by atoms with Gasteiger partial charge in [0.1, 0.15) is 0 Å². The van der Waals surface area contributed by atoms with Gasteiger partial charge in [-0.05, 0) is 12.6 Å². The molecule has 0 bridgehead atoms. The molecule has 106 valence electrons. The monoisotopic (exact) mass is 270 g/mol. The second-order valence-electron chi connectivity index (χ2n) is 5.66. The summed E-state index contributed by atoms with van der Waals surface area (Å²) in [5.74, 6) is 0. The maximum absolute atomic E-state index is 4.25. The summed E-state index contributed by atoms with van der Waals surface area (Å²) in [6.07, 6.45) is 4.08. The highest BCUT2D eigenvalue weighted by atomic mass is 15.3. The van der Waals surface area contributed by atoms with Crippen molar-refractivity contribution in [1.82, 2.24) is 19.6 Å². The van der Waals surface area contributed by atoms with Crippen LogP contribution in [0.4, 0.5) is 0 Å². The Labute approximate surface area is 120 Å². The minimum Gasteiger partial charge on any atom is -0.297 e. The van der Waals surface area contributed by atoms with Crippen LogP contribution in [0.15, 0.2) is 42.7 Å². The van der Waals surface area contributed by atoms with Crippen LogP contribution in [-0.4, -0.2) is 46.3 Å². The van der Waals surface area contributed by atoms with Crippen molar-refractivity contribution in [2.24, 2.45) is 7.05 Å². The van der Waals surface area contributed by atoms with E-state index in [9.17, 15) is 0 Å². The molecule has 1 aromatic heterocycles. The zero-order valence-corrected chi connectivity index (χ0v) is 12.2. The average Bonchev–Trinajstić information content (AvgIpc) is 2.87. The van der Waals surface area contributed by atoms with Gasteiger partial charge in [-0.2, -0.15) is 5.10 Å². The van der Waals surface area contributed by atoms with Gasteiger partial charge in [0.2, 0.25) is 0 Å². The first-order valence-corrected chi connectivity index (χ1v) is 7.17. The Morgan fingerprint density at radius 3 is 2.65 bits per heavy atom. The van der Waals surface area contributed by atoms with Crippen molar-refractivity contribution in [2.75, 3.05) is 26.7 Å². The van der Waals surface area contributed by atoms with Crippen molar-refractivity contribution < 1.29 is 0 Å². The zero-order chi connectivity index (χ0) is 13.9. The zero-order valence-electron chi connectivity index (χ0n) is 12.2. The minimum atomic E-state index is 0.488. The van der Waals surface area contributed by atoms with E-state index in [2.05, 4.69) is 58.5 Å². The summed E-state index contributed by atoms with van der Waals surface area (Å²) in [4.78, 5) is 4.98. The summed E-state index contributed by atoms with van der Waals surface area (Å²) in [6.45, 7) is 4.30. The van der Waals surface area contributed by atoms with Gasteiger partial charge < -0.3 is 0 Å². The van der Waals surface area contributed by atoms with Gasteiger partial charge in [0.15, 0.2) is 0 Å². The summed E-state index contributed by atoms with van der Waals surface area (Å²) in [5, 5.41) is 4.25. The highest BCUT2D eigenvalue weighted by Gasteiger charge is 2.25. The molecule has 0 spiro atoms. The third-order valence-electron chi connectivity index (χ3n) is 4.08. The van der Waals surface area contributed by atoms with Crippen LogP contribution in [0, 0.1) is 0 Å². The molecule has 2 aromatic rings. The molecule has 1 unspecified atom stereocenters. The van der Waals surface area contributed by atoms with E-state index in [0.29, 0.717) is 6.04 Å². The summed E-state index contributed by atoms with van der Waals surface area (Å²) >= 11 is 0. The third-order valence-corrected chi connectivity index (χ3v) is 4.08. The number of aromatic nitrogens is 2. The van der Waals surface area contributed by atoms with Gasteiger partial charge in [-0.1, -0.05) is 30.3 Å². The van der Waals surface area contributed by atoms with Crippen molar-refractivity contribution in [3.8, 4) is 0 Å². The Kier molecular flexibility index (Phi) is 3.85. The lowest BCUT2D eigenvalue weighted by molar-refractivity contribution is 0.0905. The van der Waals surface area contributed by atoms with E-state index in [1.165, 1.54) is 11.1 Å². The molecular weight excluding hydrogens is 248 g/mol. The number of hydrogen-bond acceptors (Lipinski definition) is 3. The molecule has 1 aromatic carbocycles. The van der Waals surface area contributed by atoms with Crippen LogP contribution in [0.3, 0.4) is 0 Å². The van der Waals surface area contributed by atoms with Crippen molar-refractivity contribution in [3.05, 3.63) is 53.9 Å². The minimum absolute atomic E-state index is 0.488. The first-order chi connectivity index (χ1) is 9.72. The number of likely N-dealkylation sites (N-methyl/N-ethyl adjacent to an activating group) is 1. The maximum atomic E-state index is 4.25. The maximum Gasteiger partial charge on any atom is 0.0534 e. The van der Waals surface area contributed by atoms with Gasteiger partial charge in [-0.25, -0.2) is 0 Å². The average molecular weight is 270 g/mol. The van der Waals surface area contributed by atoms with Gasteiger partial charge in [0, 0.05) is 51.0 Å². The molecule has 1 saturated heterocycles. The molecule has 1 fully saturated rings. The molecule has 1 atom stereocenters. The summed E-state index contributed by atoms with van der Waals surface area (Å²) in [6, 6.07) is 11.3. The molecule has 0 saturated carbocycles. The number of piperazine rings is 1. The highest BCUT2D eigenvalue weighted by molar-refractivity contribution is 5.20. The van der Waals surface area contributed by atoms with Gasteiger partial charge in [-0.15, -0.1) is 0 Å². The molecule has 1 aliphatic heterocycles. The fourth-order valence-electron chi connectivity index (χ4n) is 2.92. The Morgan fingerprint density at radius 1 is 1.15 bits per heavy atom. The summed E-state index contributed by atoms with van der Waals surface area (Å²) < 4.78 is 1.88. The van der Waals surface area contributed by atoms with Crippen LogP contribution in [0.1, 0.15) is 17.2 Å². The van der Waals surface area contributed by atoms with Crippen molar-refractivity contribution >= 4 is 0 Å². The molecule has 20 heavy (non-hydrogen) atoms. The van der Waals surface area contributed by atoms with E-state index in [0.717, 1.165) is 26.2 Å². The Hall–Kier alpha value is -1.65. The Morgan fingerprint density at radius 2 is 1.95 bits per heavy atom. The lowest BCUT2D eigenvalue weighted by Gasteiger charge is -2.39. The quantitative estimate of drug-likeness (QED) is 0.851. The van der Waals surface area contributed by atoms with Crippen LogP contribution in [-0.2, 0) is 13.6 Å². The van der Waals surface area contributed by atoms with E-state index in [1.807, 2.05) is 17.9 Å². The molecule has 0 radical (unpaired) electrons. The van der Waals surface area contributed by atoms with Crippen molar-refractivity contribution in [3.63, 3.8) is 0 Å². The van der Waals surface area contributed by atoms with Gasteiger partial charge >= 0.3 is 0 Å². The van der Waals surface area contributed by atoms with E-state index in [4.69, 9.17) is 0 Å². The topological polar surface area (TPSA) is 24.3 Å².